The lowest BCUT2D eigenvalue weighted by atomic mass is 10.3. The number of fused-ring (bicyclic) bond motifs is 3. The summed E-state index contributed by atoms with van der Waals surface area (Å²) >= 11 is 1.30. The van der Waals surface area contributed by atoms with Gasteiger partial charge in [-0.3, -0.25) is 10.1 Å². The number of tetrazole rings is 1. The first-order valence-electron chi connectivity index (χ1n) is 6.70. The zero-order chi connectivity index (χ0) is 16.7. The number of nitrogens with zero attached hydrogens (tertiary/aromatic N) is 5. The van der Waals surface area contributed by atoms with Gasteiger partial charge in [0.1, 0.15) is 10.6 Å². The summed E-state index contributed by atoms with van der Waals surface area (Å²) in [6.45, 7) is 0. The fourth-order valence-electron chi connectivity index (χ4n) is 2.28. The second-order valence-electron chi connectivity index (χ2n) is 4.72. The van der Waals surface area contributed by atoms with Crippen LogP contribution in [-0.4, -0.2) is 43.0 Å². The number of aromatic nitrogens is 6. The van der Waals surface area contributed by atoms with Crippen molar-refractivity contribution >= 4 is 38.2 Å². The van der Waals surface area contributed by atoms with Gasteiger partial charge in [0.2, 0.25) is 0 Å². The van der Waals surface area contributed by atoms with Crippen LogP contribution in [0.3, 0.4) is 0 Å². The Labute approximate surface area is 137 Å². The smallest absolute Gasteiger partial charge is 0.353 e. The first-order valence-corrected chi connectivity index (χ1v) is 7.52. The third-order valence-electron chi connectivity index (χ3n) is 3.36. The van der Waals surface area contributed by atoms with Crippen LogP contribution in [0.15, 0.2) is 29.2 Å². The molecule has 0 saturated heterocycles. The number of H-pyrrole nitrogens is 1. The summed E-state index contributed by atoms with van der Waals surface area (Å²) in [6, 6.07) is 5.34. The average Bonchev–Trinajstić information content (AvgIpc) is 3.21. The Bertz CT molecular complexity index is 1120. The first-order chi connectivity index (χ1) is 11.7. The van der Waals surface area contributed by atoms with Gasteiger partial charge in [-0.15, -0.1) is 16.4 Å². The summed E-state index contributed by atoms with van der Waals surface area (Å²) in [5.41, 5.74) is 0.390. The molecule has 0 radical (unpaired) electrons. The predicted octanol–water partition coefficient (Wildman–Crippen LogP) is 0.683. The quantitative estimate of drug-likeness (QED) is 0.560. The highest BCUT2D eigenvalue weighted by Crippen LogP contribution is 2.30. The van der Waals surface area contributed by atoms with E-state index < -0.39 is 11.6 Å². The van der Waals surface area contributed by atoms with Crippen molar-refractivity contribution in [3.05, 3.63) is 40.4 Å². The van der Waals surface area contributed by atoms with E-state index in [4.69, 9.17) is 4.74 Å². The molecule has 0 aliphatic heterocycles. The lowest BCUT2D eigenvalue weighted by Gasteiger charge is -2.02. The molecule has 1 aromatic carbocycles. The van der Waals surface area contributed by atoms with Gasteiger partial charge >= 0.3 is 5.69 Å². The molecule has 0 aliphatic carbocycles. The second-order valence-corrected chi connectivity index (χ2v) is 5.75. The topological polar surface area (TPSA) is 127 Å². The summed E-state index contributed by atoms with van der Waals surface area (Å²) in [6.07, 6.45) is 1.24. The lowest BCUT2D eigenvalue weighted by Crippen LogP contribution is -2.21. The third kappa shape index (κ3) is 2.18. The molecule has 24 heavy (non-hydrogen) atoms. The molecule has 10 nitrogen and oxygen atoms in total. The van der Waals surface area contributed by atoms with E-state index in [0.717, 1.165) is 4.70 Å². The Morgan fingerprint density at radius 2 is 2.29 bits per heavy atom. The number of nitrogens with one attached hydrogen (secondary N) is 2. The molecule has 3 aromatic heterocycles. The summed E-state index contributed by atoms with van der Waals surface area (Å²) in [7, 11) is 1.54. The predicted molar refractivity (Wildman–Crippen MR) is 85.5 cm³/mol. The van der Waals surface area contributed by atoms with E-state index in [-0.39, 0.29) is 11.5 Å². The van der Waals surface area contributed by atoms with E-state index >= 15 is 0 Å². The Morgan fingerprint density at radius 1 is 1.42 bits per heavy atom. The molecular formula is C13H9N7O3S. The molecule has 0 spiro atoms. The van der Waals surface area contributed by atoms with Gasteiger partial charge in [0.15, 0.2) is 0 Å². The van der Waals surface area contributed by atoms with Gasteiger partial charge in [0, 0.05) is 12.3 Å². The molecule has 0 atom stereocenters. The number of hydrogen-bond acceptors (Lipinski definition) is 8. The zero-order valence-electron chi connectivity index (χ0n) is 12.2. The van der Waals surface area contributed by atoms with Gasteiger partial charge in [-0.25, -0.2) is 14.2 Å². The summed E-state index contributed by atoms with van der Waals surface area (Å²) in [5.74, 6) is 0.155. The minimum atomic E-state index is -0.486. The Balaban J connectivity index is 1.92. The van der Waals surface area contributed by atoms with E-state index in [0.29, 0.717) is 16.1 Å². The van der Waals surface area contributed by atoms with Crippen molar-refractivity contribution in [2.75, 3.05) is 12.4 Å². The van der Waals surface area contributed by atoms with Gasteiger partial charge in [0.05, 0.1) is 22.9 Å². The van der Waals surface area contributed by atoms with Crippen LogP contribution in [0.1, 0.15) is 10.4 Å². The number of rotatable bonds is 3. The largest absolute Gasteiger partial charge is 0.497 e. The minimum Gasteiger partial charge on any atom is -0.497 e. The molecule has 0 fully saturated rings. The van der Waals surface area contributed by atoms with Crippen molar-refractivity contribution < 1.29 is 9.53 Å². The minimum absolute atomic E-state index is 0.0344. The van der Waals surface area contributed by atoms with Crippen LogP contribution in [-0.2, 0) is 0 Å². The van der Waals surface area contributed by atoms with Crippen molar-refractivity contribution in [2.24, 2.45) is 0 Å². The number of methoxy groups -OCH3 is 1. The highest BCUT2D eigenvalue weighted by Gasteiger charge is 2.18. The number of carbonyl (C=O) groups is 1. The maximum absolute atomic E-state index is 12.4. The van der Waals surface area contributed by atoms with Gasteiger partial charge in [-0.2, -0.15) is 5.21 Å². The number of thiazole rings is 1. The maximum atomic E-state index is 12.4. The van der Waals surface area contributed by atoms with Gasteiger partial charge in [-0.05, 0) is 17.3 Å². The molecule has 1 amide bonds. The lowest BCUT2D eigenvalue weighted by molar-refractivity contribution is 0.102. The Kier molecular flexibility index (Phi) is 3.20. The zero-order valence-corrected chi connectivity index (χ0v) is 13.0. The van der Waals surface area contributed by atoms with Crippen LogP contribution in [0.4, 0.5) is 5.95 Å². The third-order valence-corrected chi connectivity index (χ3v) is 4.52. The van der Waals surface area contributed by atoms with Gasteiger partial charge in [0.25, 0.3) is 11.9 Å². The van der Waals surface area contributed by atoms with Crippen molar-refractivity contribution in [2.45, 2.75) is 0 Å². The first kappa shape index (κ1) is 14.3. The number of carbonyl (C=O) groups excluding carboxylic acids is 1. The van der Waals surface area contributed by atoms with E-state index in [1.807, 2.05) is 6.07 Å². The van der Waals surface area contributed by atoms with Crippen molar-refractivity contribution in [1.29, 1.82) is 0 Å². The number of hydrogen-bond donors (Lipinski definition) is 2. The van der Waals surface area contributed by atoms with Crippen molar-refractivity contribution in [3.8, 4) is 5.75 Å². The average molecular weight is 343 g/mol. The molecule has 4 aromatic rings. The second kappa shape index (κ2) is 5.38. The van der Waals surface area contributed by atoms with Gasteiger partial charge in [-0.1, -0.05) is 5.10 Å². The molecule has 2 N–H and O–H groups in total. The molecule has 0 unspecified atom stereocenters. The van der Waals surface area contributed by atoms with E-state index in [9.17, 15) is 9.59 Å². The number of ether oxygens (including phenoxy) is 1. The number of amides is 1. The van der Waals surface area contributed by atoms with Crippen molar-refractivity contribution in [1.82, 2.24) is 30.0 Å². The van der Waals surface area contributed by atoms with Crippen LogP contribution in [0.2, 0.25) is 0 Å². The van der Waals surface area contributed by atoms with Crippen LogP contribution < -0.4 is 15.7 Å². The Morgan fingerprint density at radius 3 is 3.04 bits per heavy atom. The molecule has 3 heterocycles. The van der Waals surface area contributed by atoms with Crippen LogP contribution in [0.25, 0.3) is 15.0 Å². The summed E-state index contributed by atoms with van der Waals surface area (Å²) in [5, 5.41) is 15.4. The monoisotopic (exact) mass is 343 g/mol. The van der Waals surface area contributed by atoms with E-state index in [1.165, 1.54) is 21.9 Å². The van der Waals surface area contributed by atoms with Crippen LogP contribution in [0.5, 0.6) is 5.75 Å². The molecular weight excluding hydrogens is 334 g/mol. The fourth-order valence-corrected chi connectivity index (χ4v) is 3.40. The number of benzene rings is 1. The van der Waals surface area contributed by atoms with Gasteiger partial charge < -0.3 is 4.74 Å². The fraction of sp³-hybridized carbons (Fsp3) is 0.0769. The van der Waals surface area contributed by atoms with E-state index in [2.05, 4.69) is 30.9 Å². The normalized spacial score (nSPS) is 11.0. The van der Waals surface area contributed by atoms with Crippen LogP contribution >= 0.6 is 11.3 Å². The number of anilines is 1. The summed E-state index contributed by atoms with van der Waals surface area (Å²) < 4.78 is 7.40. The highest BCUT2D eigenvalue weighted by molar-refractivity contribution is 7.24. The highest BCUT2D eigenvalue weighted by atomic mass is 32.1. The summed E-state index contributed by atoms with van der Waals surface area (Å²) in [4.78, 5) is 28.9. The molecule has 4 rings (SSSR count). The van der Waals surface area contributed by atoms with Crippen LogP contribution in [0, 0.1) is 0 Å². The SMILES string of the molecule is COc1ccc2sc3c(C(=O)Nc4nn[nH]n4)cnc(=O)n3c2c1. The molecule has 11 heteroatoms. The molecule has 0 saturated carbocycles. The molecule has 0 bridgehead atoms. The molecule has 120 valence electrons. The maximum Gasteiger partial charge on any atom is 0.353 e. The molecule has 0 aliphatic rings. The Hall–Kier alpha value is -3.34. The standard InChI is InChI=1S/C13H9N7O3S/c1-23-6-2-3-9-8(4-6)20-11(24-9)7(5-14-13(20)22)10(21)15-12-16-18-19-17-12/h2-5H,1H3,(H2,15,16,17,18,19,21). The number of aromatic amines is 1. The van der Waals surface area contributed by atoms with E-state index in [1.54, 1.807) is 19.2 Å². The van der Waals surface area contributed by atoms with Crippen molar-refractivity contribution in [3.63, 3.8) is 0 Å².